The van der Waals surface area contributed by atoms with Gasteiger partial charge in [-0.1, -0.05) is 40.5 Å². The third-order valence-electron chi connectivity index (χ3n) is 3.32. The summed E-state index contributed by atoms with van der Waals surface area (Å²) < 4.78 is 0. The van der Waals surface area contributed by atoms with Crippen LogP contribution in [0.4, 0.5) is 0 Å². The first kappa shape index (κ1) is 22.0. The summed E-state index contributed by atoms with van der Waals surface area (Å²) in [5.41, 5.74) is 5.60. The molecule has 0 saturated carbocycles. The quantitative estimate of drug-likeness (QED) is 0.601. The third-order valence-corrected chi connectivity index (χ3v) is 3.32. The van der Waals surface area contributed by atoms with Gasteiger partial charge in [-0.05, 0) is 85.3 Å². The number of hydrogen-bond donors (Lipinski definition) is 2. The van der Waals surface area contributed by atoms with Crippen LogP contribution in [0.1, 0.15) is 62.8 Å². The number of benzene rings is 2. The number of phenolic OH excluding ortho intramolecular Hbond substituents is 2. The van der Waals surface area contributed by atoms with Crippen molar-refractivity contribution < 1.29 is 10.2 Å². The highest BCUT2D eigenvalue weighted by Crippen LogP contribution is 2.32. The molecule has 0 saturated heterocycles. The second-order valence-electron chi connectivity index (χ2n) is 6.33. The lowest BCUT2D eigenvalue weighted by molar-refractivity contribution is 0.466. The van der Waals surface area contributed by atoms with Gasteiger partial charge in [-0.2, -0.15) is 0 Å². The Morgan fingerprint density at radius 3 is 0.875 bits per heavy atom. The zero-order valence-electron chi connectivity index (χ0n) is 16.6. The Balaban J connectivity index is 0.000000772. The molecule has 24 heavy (non-hydrogen) atoms. The van der Waals surface area contributed by atoms with E-state index >= 15 is 0 Å². The largest absolute Gasteiger partial charge is 0.507 e. The molecule has 0 aliphatic rings. The summed E-state index contributed by atoms with van der Waals surface area (Å²) in [6.07, 6.45) is 2.50. The average molecular weight is 331 g/mol. The van der Waals surface area contributed by atoms with Gasteiger partial charge in [-0.3, -0.25) is 0 Å². The van der Waals surface area contributed by atoms with E-state index in [0.29, 0.717) is 11.5 Å². The number of aryl methyl sites for hydroxylation is 4. The molecule has 0 amide bonds. The fourth-order valence-electron chi connectivity index (χ4n) is 2.25. The lowest BCUT2D eigenvalue weighted by Gasteiger charge is -2.11. The van der Waals surface area contributed by atoms with Gasteiger partial charge in [0.15, 0.2) is 0 Å². The molecule has 2 aromatic carbocycles. The Morgan fingerprint density at radius 1 is 0.542 bits per heavy atom. The van der Waals surface area contributed by atoms with Gasteiger partial charge in [0.1, 0.15) is 11.5 Å². The Bertz CT molecular complexity index is 539. The highest BCUT2D eigenvalue weighted by molar-refractivity contribution is 5.70. The maximum Gasteiger partial charge on any atom is 0.121 e. The molecule has 2 rings (SSSR count). The van der Waals surface area contributed by atoms with E-state index in [9.17, 15) is 10.2 Å². The summed E-state index contributed by atoms with van der Waals surface area (Å²) in [5.74, 6) is 0.706. The van der Waals surface area contributed by atoms with Crippen LogP contribution in [0.2, 0.25) is 0 Å². The molecular formula is C22H34O2. The molecule has 0 atom stereocenters. The maximum absolute atomic E-state index is 9.79. The minimum atomic E-state index is 0.353. The van der Waals surface area contributed by atoms with Crippen LogP contribution in [0.25, 0.3) is 11.1 Å². The van der Waals surface area contributed by atoms with Crippen molar-refractivity contribution in [1.82, 2.24) is 0 Å². The average Bonchev–Trinajstić information content (AvgIpc) is 2.51. The van der Waals surface area contributed by atoms with Crippen LogP contribution in [0.5, 0.6) is 11.5 Å². The van der Waals surface area contributed by atoms with E-state index < -0.39 is 0 Å². The van der Waals surface area contributed by atoms with Crippen molar-refractivity contribution in [3.8, 4) is 22.6 Å². The topological polar surface area (TPSA) is 40.5 Å². The van der Waals surface area contributed by atoms with Crippen molar-refractivity contribution in [2.24, 2.45) is 0 Å². The highest BCUT2D eigenvalue weighted by atomic mass is 16.3. The first-order valence-electron chi connectivity index (χ1n) is 8.84. The normalized spacial score (nSPS) is 9.50. The number of phenols is 2. The fourth-order valence-corrected chi connectivity index (χ4v) is 2.25. The van der Waals surface area contributed by atoms with Gasteiger partial charge in [0, 0.05) is 0 Å². The molecule has 0 fully saturated rings. The van der Waals surface area contributed by atoms with E-state index in [0.717, 1.165) is 33.4 Å². The third kappa shape index (κ3) is 6.27. The Hall–Kier alpha value is -1.96. The van der Waals surface area contributed by atoms with Gasteiger partial charge in [0.25, 0.3) is 0 Å². The van der Waals surface area contributed by atoms with Crippen molar-refractivity contribution in [2.75, 3.05) is 0 Å². The first-order chi connectivity index (χ1) is 11.2. The van der Waals surface area contributed by atoms with E-state index in [1.54, 1.807) is 0 Å². The van der Waals surface area contributed by atoms with Crippen LogP contribution in [0, 0.1) is 27.7 Å². The molecule has 134 valence electrons. The standard InChI is InChI=1S/C16H18O2.2C3H8/c1-9-5-13(6-10(2)15(9)17)14-7-11(3)16(18)12(4)8-14;2*1-3-2/h5-8,17-18H,1-4H3;2*3H2,1-2H3. The molecule has 0 unspecified atom stereocenters. The molecule has 2 heteroatoms. The molecule has 0 spiro atoms. The summed E-state index contributed by atoms with van der Waals surface area (Å²) in [5, 5.41) is 19.6. The molecular weight excluding hydrogens is 296 g/mol. The fraction of sp³-hybridized carbons (Fsp3) is 0.455. The summed E-state index contributed by atoms with van der Waals surface area (Å²) in [6, 6.07) is 7.86. The van der Waals surface area contributed by atoms with Gasteiger partial charge in [0.05, 0.1) is 0 Å². The molecule has 0 heterocycles. The second-order valence-corrected chi connectivity index (χ2v) is 6.33. The second kappa shape index (κ2) is 10.7. The Labute approximate surface area is 148 Å². The van der Waals surface area contributed by atoms with Crippen molar-refractivity contribution in [3.05, 3.63) is 46.5 Å². The van der Waals surface area contributed by atoms with Crippen LogP contribution in [0.3, 0.4) is 0 Å². The highest BCUT2D eigenvalue weighted by Gasteiger charge is 2.08. The maximum atomic E-state index is 9.79. The van der Waals surface area contributed by atoms with Crippen LogP contribution in [-0.2, 0) is 0 Å². The lowest BCUT2D eigenvalue weighted by Crippen LogP contribution is -1.88. The monoisotopic (exact) mass is 330 g/mol. The summed E-state index contributed by atoms with van der Waals surface area (Å²) in [4.78, 5) is 0. The van der Waals surface area contributed by atoms with Crippen LogP contribution in [0.15, 0.2) is 24.3 Å². The predicted octanol–water partition coefficient (Wildman–Crippen LogP) is 6.83. The smallest absolute Gasteiger partial charge is 0.121 e. The molecule has 0 aliphatic heterocycles. The number of hydrogen-bond acceptors (Lipinski definition) is 2. The van der Waals surface area contributed by atoms with Crippen molar-refractivity contribution in [3.63, 3.8) is 0 Å². The van der Waals surface area contributed by atoms with E-state index in [4.69, 9.17) is 0 Å². The molecule has 0 bridgehead atoms. The van der Waals surface area contributed by atoms with Crippen molar-refractivity contribution in [2.45, 2.75) is 68.2 Å². The SMILES string of the molecule is CCC.CCC.Cc1cc(-c2cc(C)c(O)c(C)c2)cc(C)c1O. The van der Waals surface area contributed by atoms with Gasteiger partial charge in [0.2, 0.25) is 0 Å². The van der Waals surface area contributed by atoms with E-state index in [1.165, 1.54) is 12.8 Å². The molecule has 2 aromatic rings. The van der Waals surface area contributed by atoms with Gasteiger partial charge in [-0.15, -0.1) is 0 Å². The summed E-state index contributed by atoms with van der Waals surface area (Å²) >= 11 is 0. The molecule has 2 N–H and O–H groups in total. The van der Waals surface area contributed by atoms with E-state index in [1.807, 2.05) is 52.0 Å². The minimum Gasteiger partial charge on any atom is -0.507 e. The summed E-state index contributed by atoms with van der Waals surface area (Å²) in [6.45, 7) is 16.1. The zero-order valence-corrected chi connectivity index (χ0v) is 16.6. The first-order valence-corrected chi connectivity index (χ1v) is 8.84. The van der Waals surface area contributed by atoms with Gasteiger partial charge >= 0.3 is 0 Å². The van der Waals surface area contributed by atoms with Gasteiger partial charge < -0.3 is 10.2 Å². The Morgan fingerprint density at radius 2 is 0.708 bits per heavy atom. The van der Waals surface area contributed by atoms with Crippen LogP contribution < -0.4 is 0 Å². The van der Waals surface area contributed by atoms with E-state index in [-0.39, 0.29) is 0 Å². The van der Waals surface area contributed by atoms with Crippen LogP contribution >= 0.6 is 0 Å². The van der Waals surface area contributed by atoms with Gasteiger partial charge in [-0.25, -0.2) is 0 Å². The van der Waals surface area contributed by atoms with E-state index in [2.05, 4.69) is 27.7 Å². The molecule has 2 nitrogen and oxygen atoms in total. The summed E-state index contributed by atoms with van der Waals surface area (Å²) in [7, 11) is 0. The number of aromatic hydroxyl groups is 2. The van der Waals surface area contributed by atoms with Crippen molar-refractivity contribution in [1.29, 1.82) is 0 Å². The van der Waals surface area contributed by atoms with Crippen molar-refractivity contribution >= 4 is 0 Å². The lowest BCUT2D eigenvalue weighted by atomic mass is 9.96. The van der Waals surface area contributed by atoms with Crippen LogP contribution in [-0.4, -0.2) is 10.2 Å². The Kier molecular flexibility index (Phi) is 9.87. The molecule has 0 aromatic heterocycles. The predicted molar refractivity (Wildman–Crippen MR) is 106 cm³/mol. The molecule has 0 aliphatic carbocycles. The zero-order chi connectivity index (χ0) is 18.9. The number of rotatable bonds is 1. The molecule has 0 radical (unpaired) electrons. The minimum absolute atomic E-state index is 0.353.